The molecule has 0 amide bonds. The Balaban J connectivity index is 2.44. The standard InChI is InChI=1S/C14H27NO3/c1-4-5-10-18-11-9-15-8-6-7-14(2,3)12(15)13(16)17/h12H,4-11H2,1-3H3,(H,16,17). The molecule has 0 aromatic heterocycles. The number of likely N-dealkylation sites (tertiary alicyclic amines) is 1. The number of ether oxygens (including phenoxy) is 1. The molecule has 1 heterocycles. The Bertz CT molecular complexity index is 266. The summed E-state index contributed by atoms with van der Waals surface area (Å²) in [5.74, 6) is -0.701. The van der Waals surface area contributed by atoms with E-state index in [1.165, 1.54) is 0 Å². The van der Waals surface area contributed by atoms with Crippen molar-refractivity contribution in [2.75, 3.05) is 26.3 Å². The van der Waals surface area contributed by atoms with Crippen LogP contribution in [0, 0.1) is 5.41 Å². The molecule has 0 saturated carbocycles. The number of piperidine rings is 1. The van der Waals surface area contributed by atoms with Crippen molar-refractivity contribution in [3.8, 4) is 0 Å². The van der Waals surface area contributed by atoms with Gasteiger partial charge in [-0.15, -0.1) is 0 Å². The molecule has 1 aliphatic heterocycles. The second-order valence-corrected chi connectivity index (χ2v) is 5.83. The molecule has 18 heavy (non-hydrogen) atoms. The van der Waals surface area contributed by atoms with Crippen LogP contribution < -0.4 is 0 Å². The second kappa shape index (κ2) is 7.10. The first kappa shape index (κ1) is 15.4. The number of unbranched alkanes of at least 4 members (excludes halogenated alkanes) is 1. The van der Waals surface area contributed by atoms with Gasteiger partial charge in [0, 0.05) is 13.2 Å². The average molecular weight is 257 g/mol. The van der Waals surface area contributed by atoms with Gasteiger partial charge in [0.2, 0.25) is 0 Å². The lowest BCUT2D eigenvalue weighted by Gasteiger charge is -2.44. The highest BCUT2D eigenvalue weighted by atomic mass is 16.5. The van der Waals surface area contributed by atoms with Crippen LogP contribution >= 0.6 is 0 Å². The fraction of sp³-hybridized carbons (Fsp3) is 0.929. The fourth-order valence-electron chi connectivity index (χ4n) is 2.76. The predicted molar refractivity (Wildman–Crippen MR) is 71.7 cm³/mol. The third-order valence-corrected chi connectivity index (χ3v) is 3.77. The van der Waals surface area contributed by atoms with Gasteiger partial charge in [0.15, 0.2) is 0 Å². The zero-order valence-corrected chi connectivity index (χ0v) is 11.9. The molecular weight excluding hydrogens is 230 g/mol. The van der Waals surface area contributed by atoms with Crippen LogP contribution in [0.25, 0.3) is 0 Å². The summed E-state index contributed by atoms with van der Waals surface area (Å²) < 4.78 is 5.54. The monoisotopic (exact) mass is 257 g/mol. The third-order valence-electron chi connectivity index (χ3n) is 3.77. The van der Waals surface area contributed by atoms with Crippen molar-refractivity contribution in [2.24, 2.45) is 5.41 Å². The molecule has 0 aliphatic carbocycles. The van der Waals surface area contributed by atoms with Crippen molar-refractivity contribution in [3.63, 3.8) is 0 Å². The first-order valence-corrected chi connectivity index (χ1v) is 7.03. The van der Waals surface area contributed by atoms with Gasteiger partial charge in [-0.05, 0) is 31.2 Å². The quantitative estimate of drug-likeness (QED) is 0.711. The van der Waals surface area contributed by atoms with E-state index in [-0.39, 0.29) is 11.5 Å². The summed E-state index contributed by atoms with van der Waals surface area (Å²) >= 11 is 0. The van der Waals surface area contributed by atoms with Crippen molar-refractivity contribution in [1.29, 1.82) is 0 Å². The highest BCUT2D eigenvalue weighted by Gasteiger charge is 2.42. The van der Waals surface area contributed by atoms with Gasteiger partial charge in [0.05, 0.1) is 6.61 Å². The minimum atomic E-state index is -0.701. The average Bonchev–Trinajstić information content (AvgIpc) is 2.27. The lowest BCUT2D eigenvalue weighted by molar-refractivity contribution is -0.151. The van der Waals surface area contributed by atoms with E-state index < -0.39 is 5.97 Å². The first-order valence-electron chi connectivity index (χ1n) is 7.03. The third kappa shape index (κ3) is 4.25. The van der Waals surface area contributed by atoms with E-state index in [0.717, 1.165) is 45.4 Å². The van der Waals surface area contributed by atoms with E-state index in [1.54, 1.807) is 0 Å². The molecule has 0 bridgehead atoms. The molecular formula is C14H27NO3. The van der Waals surface area contributed by atoms with Gasteiger partial charge in [0.25, 0.3) is 0 Å². The van der Waals surface area contributed by atoms with Gasteiger partial charge in [-0.2, -0.15) is 0 Å². The number of carbonyl (C=O) groups is 1. The number of nitrogens with zero attached hydrogens (tertiary/aromatic N) is 1. The minimum absolute atomic E-state index is 0.145. The molecule has 4 heteroatoms. The van der Waals surface area contributed by atoms with Crippen LogP contribution in [0.15, 0.2) is 0 Å². The summed E-state index contributed by atoms with van der Waals surface area (Å²) in [6, 6.07) is -0.374. The summed E-state index contributed by atoms with van der Waals surface area (Å²) in [6.07, 6.45) is 4.27. The predicted octanol–water partition coefficient (Wildman–Crippen LogP) is 2.38. The number of carboxylic acids is 1. The van der Waals surface area contributed by atoms with E-state index in [2.05, 4.69) is 25.7 Å². The Morgan fingerprint density at radius 1 is 1.44 bits per heavy atom. The van der Waals surface area contributed by atoms with Crippen molar-refractivity contribution >= 4 is 5.97 Å². The molecule has 1 rings (SSSR count). The number of aliphatic carboxylic acids is 1. The van der Waals surface area contributed by atoms with Crippen molar-refractivity contribution < 1.29 is 14.6 Å². The molecule has 106 valence electrons. The topological polar surface area (TPSA) is 49.8 Å². The van der Waals surface area contributed by atoms with Gasteiger partial charge in [-0.1, -0.05) is 27.2 Å². The van der Waals surface area contributed by atoms with Crippen LogP contribution in [0.3, 0.4) is 0 Å². The Morgan fingerprint density at radius 3 is 2.78 bits per heavy atom. The Kier molecular flexibility index (Phi) is 6.09. The maximum absolute atomic E-state index is 11.4. The van der Waals surface area contributed by atoms with Gasteiger partial charge >= 0.3 is 5.97 Å². The highest BCUT2D eigenvalue weighted by molar-refractivity contribution is 5.74. The lowest BCUT2D eigenvalue weighted by atomic mass is 9.76. The van der Waals surface area contributed by atoms with Crippen molar-refractivity contribution in [2.45, 2.75) is 52.5 Å². The van der Waals surface area contributed by atoms with Crippen LogP contribution in [0.5, 0.6) is 0 Å². The molecule has 0 aromatic carbocycles. The highest BCUT2D eigenvalue weighted by Crippen LogP contribution is 2.35. The number of carboxylic acid groups (broad SMARTS) is 1. The van der Waals surface area contributed by atoms with Gasteiger partial charge in [-0.3, -0.25) is 9.69 Å². The molecule has 4 nitrogen and oxygen atoms in total. The maximum atomic E-state index is 11.4. The van der Waals surface area contributed by atoms with Crippen molar-refractivity contribution in [3.05, 3.63) is 0 Å². The molecule has 0 aromatic rings. The molecule has 1 N–H and O–H groups in total. The zero-order valence-electron chi connectivity index (χ0n) is 11.9. The molecule has 1 saturated heterocycles. The molecule has 1 fully saturated rings. The smallest absolute Gasteiger partial charge is 0.321 e. The van der Waals surface area contributed by atoms with E-state index in [9.17, 15) is 9.90 Å². The number of hydrogen-bond acceptors (Lipinski definition) is 3. The molecule has 1 aliphatic rings. The van der Waals surface area contributed by atoms with Gasteiger partial charge in [-0.25, -0.2) is 0 Å². The molecule has 1 unspecified atom stereocenters. The van der Waals surface area contributed by atoms with E-state index in [1.807, 2.05) is 0 Å². The largest absolute Gasteiger partial charge is 0.480 e. The molecule has 0 radical (unpaired) electrons. The Labute approximate surface area is 110 Å². The summed E-state index contributed by atoms with van der Waals surface area (Å²) in [5.41, 5.74) is -0.145. The summed E-state index contributed by atoms with van der Waals surface area (Å²) in [4.78, 5) is 13.5. The van der Waals surface area contributed by atoms with Crippen LogP contribution in [-0.2, 0) is 9.53 Å². The SMILES string of the molecule is CCCCOCCN1CCCC(C)(C)C1C(=O)O. The summed E-state index contributed by atoms with van der Waals surface area (Å²) in [5, 5.41) is 9.40. The normalized spacial score (nSPS) is 24.1. The van der Waals surface area contributed by atoms with E-state index >= 15 is 0 Å². The van der Waals surface area contributed by atoms with Gasteiger partial charge in [0.1, 0.15) is 6.04 Å². The summed E-state index contributed by atoms with van der Waals surface area (Å²) in [7, 11) is 0. The van der Waals surface area contributed by atoms with Crippen LogP contribution in [0.4, 0.5) is 0 Å². The number of hydrogen-bond donors (Lipinski definition) is 1. The second-order valence-electron chi connectivity index (χ2n) is 5.83. The van der Waals surface area contributed by atoms with Crippen molar-refractivity contribution in [1.82, 2.24) is 4.90 Å². The zero-order chi connectivity index (χ0) is 13.6. The summed E-state index contributed by atoms with van der Waals surface area (Å²) in [6.45, 7) is 9.26. The van der Waals surface area contributed by atoms with Gasteiger partial charge < -0.3 is 9.84 Å². The maximum Gasteiger partial charge on any atom is 0.321 e. The number of rotatable bonds is 7. The first-order chi connectivity index (χ1) is 8.49. The van der Waals surface area contributed by atoms with Crippen LogP contribution in [0.1, 0.15) is 46.5 Å². The fourth-order valence-corrected chi connectivity index (χ4v) is 2.76. The minimum Gasteiger partial charge on any atom is -0.480 e. The lowest BCUT2D eigenvalue weighted by Crippen LogP contribution is -2.54. The van der Waals surface area contributed by atoms with E-state index in [4.69, 9.17) is 4.74 Å². The van der Waals surface area contributed by atoms with Crippen LogP contribution in [-0.4, -0.2) is 48.3 Å². The Morgan fingerprint density at radius 2 is 2.17 bits per heavy atom. The molecule has 0 spiro atoms. The molecule has 1 atom stereocenters. The Hall–Kier alpha value is -0.610. The van der Waals surface area contributed by atoms with E-state index in [0.29, 0.717) is 6.61 Å². The van der Waals surface area contributed by atoms with Crippen LogP contribution in [0.2, 0.25) is 0 Å².